The Balaban J connectivity index is 1.95. The average Bonchev–Trinajstić information content (AvgIpc) is 3.32. The highest BCUT2D eigenvalue weighted by Gasteiger charge is 2.64. The Morgan fingerprint density at radius 1 is 1.11 bits per heavy atom. The van der Waals surface area contributed by atoms with Crippen molar-refractivity contribution >= 4 is 27.9 Å². The summed E-state index contributed by atoms with van der Waals surface area (Å²) >= 11 is 3.56. The van der Waals surface area contributed by atoms with Crippen molar-refractivity contribution in [2.75, 3.05) is 13.7 Å². The first-order valence-electron chi connectivity index (χ1n) is 15.5. The predicted molar refractivity (Wildman–Crippen MR) is 169 cm³/mol. The highest BCUT2D eigenvalue weighted by molar-refractivity contribution is 9.11. The Bertz CT molecular complexity index is 1210. The maximum absolute atomic E-state index is 14.7. The molecule has 0 aliphatic heterocycles. The Kier molecular flexibility index (Phi) is 11.6. The number of hydrogen-bond donors (Lipinski definition) is 0. The van der Waals surface area contributed by atoms with Crippen molar-refractivity contribution in [3.63, 3.8) is 0 Å². The number of fused-ring (bicyclic) bond motifs is 1. The summed E-state index contributed by atoms with van der Waals surface area (Å²) in [5.41, 5.74) is -2.49. The first-order chi connectivity index (χ1) is 20.4. The zero-order valence-corrected chi connectivity index (χ0v) is 28.6. The van der Waals surface area contributed by atoms with Crippen LogP contribution in [0.1, 0.15) is 85.6 Å². The smallest absolute Gasteiger partial charge is 0.432 e. The van der Waals surface area contributed by atoms with E-state index in [-0.39, 0.29) is 23.5 Å². The van der Waals surface area contributed by atoms with Crippen LogP contribution in [0.2, 0.25) is 0 Å². The maximum Gasteiger partial charge on any atom is 0.432 e. The number of rotatable bonds is 11. The average molecular weight is 686 g/mol. The van der Waals surface area contributed by atoms with Gasteiger partial charge in [0.25, 0.3) is 5.60 Å². The van der Waals surface area contributed by atoms with Crippen molar-refractivity contribution in [2.24, 2.45) is 34.5 Å². The van der Waals surface area contributed by atoms with Crippen LogP contribution in [0, 0.1) is 34.5 Å². The number of alkyl halides is 3. The topological polar surface area (TPSA) is 61.8 Å². The van der Waals surface area contributed by atoms with Crippen LogP contribution in [0.3, 0.4) is 0 Å². The van der Waals surface area contributed by atoms with Gasteiger partial charge in [0, 0.05) is 18.6 Å². The zero-order valence-electron chi connectivity index (χ0n) is 27.1. The lowest BCUT2D eigenvalue weighted by molar-refractivity contribution is -0.279. The number of carbonyl (C=O) groups excluding carboxylic acids is 2. The van der Waals surface area contributed by atoms with Crippen molar-refractivity contribution in [3.05, 3.63) is 58.6 Å². The van der Waals surface area contributed by atoms with Gasteiger partial charge in [0.2, 0.25) is 0 Å². The summed E-state index contributed by atoms with van der Waals surface area (Å²) in [6.07, 6.45) is -0.479. The largest absolute Gasteiger partial charge is 0.461 e. The standard InChI is InChI=1S/C35H48BrF3O5/c1-22(27-16-17-28-25(20-36)13-12-18-33(27,28)7)19-29(24(3)23(2)21-43-30(40)32(4,5)6)44-31(41)34(42-8,35(37,38)39)26-14-10-9-11-15-26/h9-11,14-15,20,22,24,27-29H,2,12-13,16-19,21H2,1,3-8H3/b25-20+/t22-,24-,27-,28+,29-,33-,34+/m1/s1. The van der Waals surface area contributed by atoms with E-state index in [0.29, 0.717) is 23.8 Å². The highest BCUT2D eigenvalue weighted by Crippen LogP contribution is 2.60. The van der Waals surface area contributed by atoms with E-state index in [1.54, 1.807) is 33.8 Å². The molecule has 0 N–H and O–H groups in total. The van der Waals surface area contributed by atoms with Crippen LogP contribution in [0.5, 0.6) is 0 Å². The van der Waals surface area contributed by atoms with Gasteiger partial charge in [0.05, 0.1) is 5.41 Å². The Morgan fingerprint density at radius 2 is 1.75 bits per heavy atom. The molecule has 0 unspecified atom stereocenters. The van der Waals surface area contributed by atoms with E-state index in [0.717, 1.165) is 39.2 Å². The number of benzene rings is 1. The van der Waals surface area contributed by atoms with Crippen LogP contribution in [0.15, 0.2) is 53.0 Å². The van der Waals surface area contributed by atoms with Crippen molar-refractivity contribution in [1.82, 2.24) is 0 Å². The second-order valence-corrected chi connectivity index (χ2v) is 14.4. The molecule has 2 fully saturated rings. The molecule has 0 spiro atoms. The van der Waals surface area contributed by atoms with Gasteiger partial charge in [-0.1, -0.05) is 79.2 Å². The Hall–Kier alpha value is -2.13. The van der Waals surface area contributed by atoms with Gasteiger partial charge in [-0.05, 0) is 93.0 Å². The molecular formula is C35H48BrF3O5. The molecule has 0 heterocycles. The lowest BCUT2D eigenvalue weighted by Gasteiger charge is -2.45. The molecule has 9 heteroatoms. The van der Waals surface area contributed by atoms with E-state index in [2.05, 4.69) is 41.3 Å². The van der Waals surface area contributed by atoms with Gasteiger partial charge in [-0.3, -0.25) is 4.79 Å². The number of halogens is 4. The quantitative estimate of drug-likeness (QED) is 0.172. The molecule has 7 atom stereocenters. The molecule has 2 aliphatic rings. The fourth-order valence-corrected chi connectivity index (χ4v) is 7.95. The van der Waals surface area contributed by atoms with Gasteiger partial charge >= 0.3 is 18.1 Å². The van der Waals surface area contributed by atoms with Gasteiger partial charge in [0.1, 0.15) is 12.7 Å². The van der Waals surface area contributed by atoms with Crippen LogP contribution < -0.4 is 0 Å². The zero-order chi connectivity index (χ0) is 33.1. The molecule has 0 aromatic heterocycles. The summed E-state index contributed by atoms with van der Waals surface area (Å²) in [5.74, 6) is -1.78. The molecule has 2 saturated carbocycles. The number of esters is 2. The predicted octanol–water partition coefficient (Wildman–Crippen LogP) is 9.31. The van der Waals surface area contributed by atoms with Gasteiger partial charge in [-0.15, -0.1) is 0 Å². The summed E-state index contributed by atoms with van der Waals surface area (Å²) in [4.78, 5) is 28.3. The van der Waals surface area contributed by atoms with E-state index in [4.69, 9.17) is 14.2 Å². The lowest BCUT2D eigenvalue weighted by Crippen LogP contribution is -2.53. The number of ether oxygens (including phenoxy) is 3. The fourth-order valence-electron chi connectivity index (χ4n) is 7.41. The molecule has 44 heavy (non-hydrogen) atoms. The third kappa shape index (κ3) is 7.30. The fraction of sp³-hybridized carbons (Fsp3) is 0.657. The monoisotopic (exact) mass is 684 g/mol. The second-order valence-electron chi connectivity index (χ2n) is 14.0. The lowest BCUT2D eigenvalue weighted by atomic mass is 9.61. The molecule has 3 rings (SSSR count). The van der Waals surface area contributed by atoms with E-state index in [1.165, 1.54) is 29.8 Å². The molecule has 1 aromatic carbocycles. The first-order valence-corrected chi connectivity index (χ1v) is 16.4. The third-order valence-corrected chi connectivity index (χ3v) is 10.7. The Morgan fingerprint density at radius 3 is 2.30 bits per heavy atom. The summed E-state index contributed by atoms with van der Waals surface area (Å²) in [7, 11) is 0.866. The van der Waals surface area contributed by atoms with E-state index in [9.17, 15) is 22.8 Å². The molecule has 0 amide bonds. The van der Waals surface area contributed by atoms with Crippen LogP contribution in [-0.2, 0) is 29.4 Å². The first kappa shape index (κ1) is 36.3. The minimum absolute atomic E-state index is 0.0319. The van der Waals surface area contributed by atoms with Crippen LogP contribution in [0.25, 0.3) is 0 Å². The number of methoxy groups -OCH3 is 1. The van der Waals surface area contributed by atoms with Gasteiger partial charge in [-0.2, -0.15) is 13.2 Å². The molecule has 0 saturated heterocycles. The highest BCUT2D eigenvalue weighted by atomic mass is 79.9. The summed E-state index contributed by atoms with van der Waals surface area (Å²) in [5, 5.41) is 0. The summed E-state index contributed by atoms with van der Waals surface area (Å²) in [6.45, 7) is 15.3. The third-order valence-electron chi connectivity index (χ3n) is 10.1. The van der Waals surface area contributed by atoms with Crippen molar-refractivity contribution in [1.29, 1.82) is 0 Å². The van der Waals surface area contributed by atoms with Gasteiger partial charge in [-0.25, -0.2) is 4.79 Å². The molecule has 5 nitrogen and oxygen atoms in total. The van der Waals surface area contributed by atoms with Crippen molar-refractivity contribution in [2.45, 2.75) is 97.9 Å². The van der Waals surface area contributed by atoms with Crippen LogP contribution in [-0.4, -0.2) is 37.9 Å². The van der Waals surface area contributed by atoms with Crippen molar-refractivity contribution in [3.8, 4) is 0 Å². The van der Waals surface area contributed by atoms with Crippen LogP contribution >= 0.6 is 15.9 Å². The summed E-state index contributed by atoms with van der Waals surface area (Å²) in [6, 6.07) is 6.83. The normalized spacial score (nSPS) is 26.7. The molecule has 0 radical (unpaired) electrons. The number of hydrogen-bond acceptors (Lipinski definition) is 5. The van der Waals surface area contributed by atoms with Crippen molar-refractivity contribution < 1.29 is 37.0 Å². The van der Waals surface area contributed by atoms with E-state index in [1.807, 2.05) is 0 Å². The minimum Gasteiger partial charge on any atom is -0.461 e. The molecular weight excluding hydrogens is 637 g/mol. The second kappa shape index (κ2) is 14.1. The number of allylic oxidation sites excluding steroid dienone is 1. The number of carbonyl (C=O) groups is 2. The molecule has 2 aliphatic carbocycles. The Labute approximate surface area is 269 Å². The van der Waals surface area contributed by atoms with Gasteiger partial charge < -0.3 is 14.2 Å². The molecule has 0 bridgehead atoms. The minimum atomic E-state index is -5.09. The SMILES string of the molecule is C=C(COC(=O)C(C)(C)C)[C@@H](C)[C@@H](C[C@@H](C)[C@H]1CC[C@H]2/C(=C/Br)CCC[C@]12C)OC(=O)[C@@](OC)(c1ccccc1)C(F)(F)F. The van der Waals surface area contributed by atoms with E-state index >= 15 is 0 Å². The maximum atomic E-state index is 14.7. The molecule has 1 aromatic rings. The molecule has 246 valence electrons. The van der Waals surface area contributed by atoms with E-state index < -0.39 is 41.2 Å². The van der Waals surface area contributed by atoms with Gasteiger partial charge in [0.15, 0.2) is 0 Å². The summed E-state index contributed by atoms with van der Waals surface area (Å²) < 4.78 is 60.6. The van der Waals surface area contributed by atoms with Crippen LogP contribution in [0.4, 0.5) is 13.2 Å².